The van der Waals surface area contributed by atoms with Gasteiger partial charge in [-0.2, -0.15) is 10.4 Å². The molecule has 0 saturated carbocycles. The van der Waals surface area contributed by atoms with Gasteiger partial charge in [0.05, 0.1) is 11.4 Å². The van der Waals surface area contributed by atoms with Crippen LogP contribution in [0.2, 0.25) is 0 Å². The Kier molecular flexibility index (Phi) is 9.42. The lowest BCUT2D eigenvalue weighted by Gasteiger charge is -2.47. The van der Waals surface area contributed by atoms with Gasteiger partial charge in [0.15, 0.2) is 5.65 Å². The Morgan fingerprint density at radius 1 is 1.00 bits per heavy atom. The number of nitrogens with zero attached hydrogens (tertiary/aromatic N) is 8. The van der Waals surface area contributed by atoms with Gasteiger partial charge in [0, 0.05) is 62.0 Å². The minimum Gasteiger partial charge on any atom is -0.457 e. The van der Waals surface area contributed by atoms with E-state index in [2.05, 4.69) is 60.5 Å². The number of anilines is 1. The number of benzene rings is 2. The molecule has 1 amide bonds. The number of piperidine rings is 1. The molecule has 2 saturated heterocycles. The highest BCUT2D eigenvalue weighted by Crippen LogP contribution is 2.36. The number of halogens is 1. The normalized spacial score (nSPS) is 18.4. The highest BCUT2D eigenvalue weighted by atomic mass is 19.1. The summed E-state index contributed by atoms with van der Waals surface area (Å²) in [5.74, 6) is 0.280. The molecule has 2 N–H and O–H groups in total. The minimum absolute atomic E-state index is 0.0966. The molecular formula is C37H44FN9O2. The van der Waals surface area contributed by atoms with Crippen LogP contribution < -0.4 is 10.5 Å². The quantitative estimate of drug-likeness (QED) is 0.192. The summed E-state index contributed by atoms with van der Waals surface area (Å²) in [5.41, 5.74) is 7.08. The Labute approximate surface area is 286 Å². The van der Waals surface area contributed by atoms with Crippen LogP contribution in [0.3, 0.4) is 0 Å². The molecule has 6 rings (SSSR count). The third kappa shape index (κ3) is 7.14. The topological polar surface area (TPSA) is 129 Å². The fraction of sp³-hybridized carbons (Fsp3) is 0.432. The molecule has 2 aliphatic rings. The van der Waals surface area contributed by atoms with E-state index in [0.29, 0.717) is 54.2 Å². The number of aromatic nitrogens is 4. The van der Waals surface area contributed by atoms with E-state index in [9.17, 15) is 10.1 Å². The van der Waals surface area contributed by atoms with Gasteiger partial charge >= 0.3 is 0 Å². The lowest BCUT2D eigenvalue weighted by atomic mass is 9.96. The molecule has 49 heavy (non-hydrogen) atoms. The van der Waals surface area contributed by atoms with E-state index in [0.717, 1.165) is 26.2 Å². The number of nitrogens with two attached hydrogens (primary N) is 1. The van der Waals surface area contributed by atoms with Crippen molar-refractivity contribution in [1.82, 2.24) is 34.4 Å². The number of amides is 1. The molecule has 0 aliphatic carbocycles. The van der Waals surface area contributed by atoms with Crippen LogP contribution in [-0.4, -0.2) is 90.7 Å². The zero-order chi connectivity index (χ0) is 34.9. The van der Waals surface area contributed by atoms with Gasteiger partial charge in [-0.3, -0.25) is 14.6 Å². The van der Waals surface area contributed by atoms with Crippen molar-refractivity contribution in [3.05, 3.63) is 72.3 Å². The van der Waals surface area contributed by atoms with E-state index in [-0.39, 0.29) is 34.4 Å². The fourth-order valence-corrected chi connectivity index (χ4v) is 6.86. The van der Waals surface area contributed by atoms with Gasteiger partial charge in [-0.05, 0) is 77.8 Å². The van der Waals surface area contributed by atoms with Crippen molar-refractivity contribution < 1.29 is 13.9 Å². The summed E-state index contributed by atoms with van der Waals surface area (Å²) in [6, 6.07) is 15.7. The summed E-state index contributed by atoms with van der Waals surface area (Å²) < 4.78 is 23.2. The molecule has 1 atom stereocenters. The standard InChI is InChI=1S/C37H44FN9O2/c1-36(2,3)45-16-18-46(19-17-45)37(4,5)21-25(22-39)35(48)44-15-9-10-26(23-44)47-34-31(33(40)41-24-42-34)32(43-47)29-14-13-28(20-30(29)38)49-27-11-7-6-8-12-27/h6-8,11-14,20-21,24,26H,9-10,15-19,23H2,1-5H3,(H2,40,41,42)/b25-21+/t26-/m1/s1. The Bertz CT molecular complexity index is 1900. The first kappa shape index (κ1) is 34.0. The number of likely N-dealkylation sites (tertiary alicyclic amines) is 1. The summed E-state index contributed by atoms with van der Waals surface area (Å²) in [7, 11) is 0. The molecule has 2 fully saturated rings. The largest absolute Gasteiger partial charge is 0.457 e. The van der Waals surface area contributed by atoms with Gasteiger partial charge in [-0.15, -0.1) is 0 Å². The number of fused-ring (bicyclic) bond motifs is 1. The smallest absolute Gasteiger partial charge is 0.264 e. The minimum atomic E-state index is -0.532. The maximum absolute atomic E-state index is 15.7. The number of ether oxygens (including phenoxy) is 1. The predicted molar refractivity (Wildman–Crippen MR) is 187 cm³/mol. The van der Waals surface area contributed by atoms with E-state index in [1.807, 2.05) is 24.3 Å². The molecule has 0 radical (unpaired) electrons. The molecule has 4 aromatic rings. The number of carbonyl (C=O) groups excluding carboxylic acids is 1. The van der Waals surface area contributed by atoms with E-state index in [4.69, 9.17) is 15.6 Å². The van der Waals surface area contributed by atoms with E-state index in [1.165, 1.54) is 12.4 Å². The molecule has 2 aromatic carbocycles. The van der Waals surface area contributed by atoms with Gasteiger partial charge in [-0.25, -0.2) is 19.0 Å². The second kappa shape index (κ2) is 13.6. The second-order valence-corrected chi connectivity index (χ2v) is 14.3. The summed E-state index contributed by atoms with van der Waals surface area (Å²) >= 11 is 0. The number of nitrogen functional groups attached to an aromatic ring is 1. The van der Waals surface area contributed by atoms with Gasteiger partial charge in [0.2, 0.25) is 0 Å². The lowest BCUT2D eigenvalue weighted by Crippen LogP contribution is -2.58. The summed E-state index contributed by atoms with van der Waals surface area (Å²) in [6.45, 7) is 15.2. The molecule has 0 bridgehead atoms. The second-order valence-electron chi connectivity index (χ2n) is 14.3. The van der Waals surface area contributed by atoms with Gasteiger partial charge in [0.25, 0.3) is 5.91 Å². The third-order valence-corrected chi connectivity index (χ3v) is 9.61. The number of hydrogen-bond donors (Lipinski definition) is 1. The van der Waals surface area contributed by atoms with Crippen LogP contribution >= 0.6 is 0 Å². The number of carbonyl (C=O) groups is 1. The van der Waals surface area contributed by atoms with Gasteiger partial charge in [-0.1, -0.05) is 18.2 Å². The van der Waals surface area contributed by atoms with Crippen LogP contribution in [0.1, 0.15) is 53.5 Å². The summed E-state index contributed by atoms with van der Waals surface area (Å²) in [6.07, 6.45) is 4.59. The number of hydrogen-bond acceptors (Lipinski definition) is 9. The van der Waals surface area contributed by atoms with Gasteiger partial charge in [0.1, 0.15) is 46.8 Å². The summed E-state index contributed by atoms with van der Waals surface area (Å²) in [4.78, 5) is 29.0. The van der Waals surface area contributed by atoms with Crippen molar-refractivity contribution in [2.24, 2.45) is 0 Å². The van der Waals surface area contributed by atoms with Crippen LogP contribution in [0.4, 0.5) is 10.2 Å². The van der Waals surface area contributed by atoms with E-state index in [1.54, 1.807) is 33.8 Å². The number of nitriles is 1. The maximum atomic E-state index is 15.7. The number of piperazine rings is 1. The Hall–Kier alpha value is -4.86. The maximum Gasteiger partial charge on any atom is 0.264 e. The number of rotatable bonds is 7. The van der Waals surface area contributed by atoms with Crippen LogP contribution in [-0.2, 0) is 4.79 Å². The Morgan fingerprint density at radius 3 is 2.39 bits per heavy atom. The molecule has 2 aliphatic heterocycles. The average Bonchev–Trinajstić information content (AvgIpc) is 3.48. The Balaban J connectivity index is 1.24. The van der Waals surface area contributed by atoms with Crippen molar-refractivity contribution in [1.29, 1.82) is 5.26 Å². The first-order chi connectivity index (χ1) is 23.4. The summed E-state index contributed by atoms with van der Waals surface area (Å²) in [5, 5.41) is 15.4. The molecule has 256 valence electrons. The van der Waals surface area contributed by atoms with Gasteiger partial charge < -0.3 is 15.4 Å². The van der Waals surface area contributed by atoms with Crippen molar-refractivity contribution in [2.75, 3.05) is 45.0 Å². The van der Waals surface area contributed by atoms with Crippen molar-refractivity contribution in [2.45, 2.75) is 64.6 Å². The van der Waals surface area contributed by atoms with Crippen molar-refractivity contribution in [3.8, 4) is 28.8 Å². The van der Waals surface area contributed by atoms with Crippen molar-refractivity contribution >= 4 is 22.8 Å². The SMILES string of the molecule is CC(C)(C)N1CCN(C(C)(C)/C=C(\C#N)C(=O)N2CCC[C@@H](n3nc(-c4ccc(Oc5ccccc5)cc4F)c4c(N)ncnc43)C2)CC1. The van der Waals surface area contributed by atoms with E-state index < -0.39 is 11.4 Å². The molecule has 0 unspecified atom stereocenters. The third-order valence-electron chi connectivity index (χ3n) is 9.61. The fourth-order valence-electron chi connectivity index (χ4n) is 6.86. The van der Waals surface area contributed by atoms with Crippen molar-refractivity contribution in [3.63, 3.8) is 0 Å². The monoisotopic (exact) mass is 665 g/mol. The lowest BCUT2D eigenvalue weighted by molar-refractivity contribution is -0.128. The molecule has 2 aromatic heterocycles. The predicted octanol–water partition coefficient (Wildman–Crippen LogP) is 5.82. The van der Waals surface area contributed by atoms with E-state index >= 15 is 4.39 Å². The van der Waals surface area contributed by atoms with Crippen LogP contribution in [0.25, 0.3) is 22.3 Å². The average molecular weight is 666 g/mol. The molecule has 12 heteroatoms. The first-order valence-electron chi connectivity index (χ1n) is 16.8. The molecule has 0 spiro atoms. The molecular weight excluding hydrogens is 621 g/mol. The Morgan fingerprint density at radius 2 is 1.71 bits per heavy atom. The highest BCUT2D eigenvalue weighted by molar-refractivity contribution is 5.99. The highest BCUT2D eigenvalue weighted by Gasteiger charge is 2.35. The van der Waals surface area contributed by atoms with Crippen LogP contribution in [0.5, 0.6) is 11.5 Å². The zero-order valence-electron chi connectivity index (χ0n) is 28.9. The number of para-hydroxylation sites is 1. The molecule has 11 nitrogen and oxygen atoms in total. The van der Waals surface area contributed by atoms with Crippen LogP contribution in [0.15, 0.2) is 66.5 Å². The molecule has 4 heterocycles. The zero-order valence-corrected chi connectivity index (χ0v) is 28.9. The van der Waals surface area contributed by atoms with Crippen LogP contribution in [0, 0.1) is 17.1 Å². The first-order valence-corrected chi connectivity index (χ1v) is 16.8.